The number of benzene rings is 1. The van der Waals surface area contributed by atoms with Gasteiger partial charge in [-0.05, 0) is 30.7 Å². The van der Waals surface area contributed by atoms with E-state index in [4.69, 9.17) is 4.74 Å². The average Bonchev–Trinajstić information content (AvgIpc) is 2.65. The van der Waals surface area contributed by atoms with Gasteiger partial charge >= 0.3 is 6.03 Å². The van der Waals surface area contributed by atoms with Gasteiger partial charge in [0.1, 0.15) is 12.3 Å². The van der Waals surface area contributed by atoms with E-state index in [1.54, 1.807) is 36.3 Å². The second-order valence-electron chi connectivity index (χ2n) is 4.13. The molecule has 0 N–H and O–H groups in total. The molecule has 2 rings (SSSR count). The number of carbonyl (C=O) groups excluding carboxylic acids is 2. The Labute approximate surface area is 106 Å². The largest absolute Gasteiger partial charge is 0.497 e. The van der Waals surface area contributed by atoms with Gasteiger partial charge in [-0.25, -0.2) is 9.69 Å². The summed E-state index contributed by atoms with van der Waals surface area (Å²) in [6.07, 6.45) is 0.843. The highest BCUT2D eigenvalue weighted by Gasteiger charge is 2.36. The second kappa shape index (κ2) is 5.08. The molecule has 3 amide bonds. The molecule has 1 saturated heterocycles. The molecule has 0 bridgehead atoms. The molecule has 1 fully saturated rings. The van der Waals surface area contributed by atoms with E-state index in [2.05, 4.69) is 0 Å². The lowest BCUT2D eigenvalue weighted by atomic mass is 10.3. The molecule has 0 unspecified atom stereocenters. The van der Waals surface area contributed by atoms with Gasteiger partial charge < -0.3 is 9.64 Å². The zero-order valence-corrected chi connectivity index (χ0v) is 10.5. The summed E-state index contributed by atoms with van der Waals surface area (Å²) in [5, 5.41) is 0. The van der Waals surface area contributed by atoms with Gasteiger partial charge in [-0.1, -0.05) is 6.92 Å². The van der Waals surface area contributed by atoms with Crippen LogP contribution in [-0.2, 0) is 4.79 Å². The quantitative estimate of drug-likeness (QED) is 0.764. The van der Waals surface area contributed by atoms with E-state index in [0.717, 1.165) is 6.42 Å². The molecule has 1 heterocycles. The van der Waals surface area contributed by atoms with Crippen LogP contribution in [0.25, 0.3) is 0 Å². The Morgan fingerprint density at radius 1 is 1.22 bits per heavy atom. The monoisotopic (exact) mass is 248 g/mol. The molecule has 1 aromatic carbocycles. The SMILES string of the molecule is CCCN1CC(=O)N(c2ccc(OC)cc2)C1=O. The first-order chi connectivity index (χ1) is 8.67. The Balaban J connectivity index is 2.21. The van der Waals surface area contributed by atoms with Crippen molar-refractivity contribution in [2.45, 2.75) is 13.3 Å². The van der Waals surface area contributed by atoms with Crippen LogP contribution < -0.4 is 9.64 Å². The fraction of sp³-hybridized carbons (Fsp3) is 0.385. The number of hydrogen-bond acceptors (Lipinski definition) is 3. The second-order valence-corrected chi connectivity index (χ2v) is 4.13. The van der Waals surface area contributed by atoms with E-state index in [0.29, 0.717) is 18.0 Å². The standard InChI is InChI=1S/C13H16N2O3/c1-3-8-14-9-12(16)15(13(14)17)10-4-6-11(18-2)7-5-10/h4-7H,3,8-9H2,1-2H3. The third-order valence-electron chi connectivity index (χ3n) is 2.86. The number of hydrogen-bond donors (Lipinski definition) is 0. The van der Waals surface area contributed by atoms with Crippen LogP contribution in [0.3, 0.4) is 0 Å². The Hall–Kier alpha value is -2.04. The van der Waals surface area contributed by atoms with Crippen LogP contribution in [0.4, 0.5) is 10.5 Å². The van der Waals surface area contributed by atoms with Crippen molar-refractivity contribution in [1.82, 2.24) is 4.90 Å². The zero-order valence-electron chi connectivity index (χ0n) is 10.5. The predicted octanol–water partition coefficient (Wildman–Crippen LogP) is 1.87. The number of urea groups is 1. The summed E-state index contributed by atoms with van der Waals surface area (Å²) in [5.74, 6) is 0.516. The highest BCUT2D eigenvalue weighted by molar-refractivity contribution is 6.19. The molecular weight excluding hydrogens is 232 g/mol. The van der Waals surface area contributed by atoms with E-state index in [1.165, 1.54) is 4.90 Å². The summed E-state index contributed by atoms with van der Waals surface area (Å²) in [5.41, 5.74) is 0.587. The smallest absolute Gasteiger partial charge is 0.331 e. The van der Waals surface area contributed by atoms with Crippen molar-refractivity contribution in [3.63, 3.8) is 0 Å². The first-order valence-electron chi connectivity index (χ1n) is 5.93. The molecule has 0 aromatic heterocycles. The summed E-state index contributed by atoms with van der Waals surface area (Å²) in [6.45, 7) is 2.75. The van der Waals surface area contributed by atoms with Crippen molar-refractivity contribution in [3.05, 3.63) is 24.3 Å². The van der Waals surface area contributed by atoms with Gasteiger partial charge in [-0.3, -0.25) is 4.79 Å². The number of ether oxygens (including phenoxy) is 1. The molecule has 96 valence electrons. The molecule has 0 atom stereocenters. The molecule has 1 aromatic rings. The summed E-state index contributed by atoms with van der Waals surface area (Å²) in [7, 11) is 1.57. The lowest BCUT2D eigenvalue weighted by Crippen LogP contribution is -2.33. The van der Waals surface area contributed by atoms with Crippen molar-refractivity contribution in [1.29, 1.82) is 0 Å². The van der Waals surface area contributed by atoms with Crippen LogP contribution in [-0.4, -0.2) is 37.0 Å². The van der Waals surface area contributed by atoms with Crippen molar-refractivity contribution in [2.24, 2.45) is 0 Å². The van der Waals surface area contributed by atoms with Crippen molar-refractivity contribution in [3.8, 4) is 5.75 Å². The van der Waals surface area contributed by atoms with Crippen LogP contribution in [0.1, 0.15) is 13.3 Å². The highest BCUT2D eigenvalue weighted by Crippen LogP contribution is 2.23. The molecule has 0 radical (unpaired) electrons. The number of carbonyl (C=O) groups is 2. The normalized spacial score (nSPS) is 15.4. The predicted molar refractivity (Wildman–Crippen MR) is 67.7 cm³/mol. The first kappa shape index (κ1) is 12.4. The Kier molecular flexibility index (Phi) is 3.50. The minimum absolute atomic E-state index is 0.165. The maximum Gasteiger partial charge on any atom is 0.331 e. The summed E-state index contributed by atoms with van der Waals surface area (Å²) >= 11 is 0. The number of imide groups is 1. The number of anilines is 1. The number of rotatable bonds is 4. The number of amides is 3. The van der Waals surface area contributed by atoms with E-state index in [9.17, 15) is 9.59 Å². The Morgan fingerprint density at radius 2 is 1.89 bits per heavy atom. The van der Waals surface area contributed by atoms with Gasteiger partial charge in [-0.15, -0.1) is 0 Å². The fourth-order valence-electron chi connectivity index (χ4n) is 1.98. The van der Waals surface area contributed by atoms with Crippen LogP contribution in [0.15, 0.2) is 24.3 Å². The minimum atomic E-state index is -0.244. The van der Waals surface area contributed by atoms with Gasteiger partial charge in [0.2, 0.25) is 0 Å². The minimum Gasteiger partial charge on any atom is -0.497 e. The van der Waals surface area contributed by atoms with Crippen LogP contribution in [0, 0.1) is 0 Å². The fourth-order valence-corrected chi connectivity index (χ4v) is 1.98. The molecule has 0 saturated carbocycles. The molecule has 0 aliphatic carbocycles. The number of methoxy groups -OCH3 is 1. The molecule has 1 aliphatic rings. The molecule has 0 spiro atoms. The van der Waals surface area contributed by atoms with Gasteiger partial charge in [0.15, 0.2) is 0 Å². The summed E-state index contributed by atoms with van der Waals surface area (Å²) in [6, 6.07) is 6.65. The summed E-state index contributed by atoms with van der Waals surface area (Å²) < 4.78 is 5.05. The van der Waals surface area contributed by atoms with Gasteiger partial charge in [0.05, 0.1) is 12.8 Å². The van der Waals surface area contributed by atoms with E-state index < -0.39 is 0 Å². The van der Waals surface area contributed by atoms with Gasteiger partial charge in [-0.2, -0.15) is 0 Å². The zero-order chi connectivity index (χ0) is 13.1. The molecule has 18 heavy (non-hydrogen) atoms. The third kappa shape index (κ3) is 2.16. The highest BCUT2D eigenvalue weighted by atomic mass is 16.5. The van der Waals surface area contributed by atoms with Crippen molar-refractivity contribution < 1.29 is 14.3 Å². The lowest BCUT2D eigenvalue weighted by molar-refractivity contribution is -0.116. The Morgan fingerprint density at radius 3 is 2.44 bits per heavy atom. The van der Waals surface area contributed by atoms with Gasteiger partial charge in [0.25, 0.3) is 5.91 Å². The van der Waals surface area contributed by atoms with Crippen molar-refractivity contribution in [2.75, 3.05) is 25.1 Å². The summed E-state index contributed by atoms with van der Waals surface area (Å²) in [4.78, 5) is 26.7. The molecular formula is C13H16N2O3. The van der Waals surface area contributed by atoms with E-state index in [-0.39, 0.29) is 18.5 Å². The average molecular weight is 248 g/mol. The van der Waals surface area contributed by atoms with Crippen molar-refractivity contribution >= 4 is 17.6 Å². The molecule has 5 nitrogen and oxygen atoms in total. The topological polar surface area (TPSA) is 49.9 Å². The van der Waals surface area contributed by atoms with Crippen LogP contribution in [0.5, 0.6) is 5.75 Å². The van der Waals surface area contributed by atoms with Crippen LogP contribution in [0.2, 0.25) is 0 Å². The molecule has 1 aliphatic heterocycles. The first-order valence-corrected chi connectivity index (χ1v) is 5.93. The van der Waals surface area contributed by atoms with Gasteiger partial charge in [0, 0.05) is 6.54 Å². The maximum absolute atomic E-state index is 12.1. The Bertz CT molecular complexity index is 456. The number of nitrogens with zero attached hydrogens (tertiary/aromatic N) is 2. The third-order valence-corrected chi connectivity index (χ3v) is 2.86. The molecule has 5 heteroatoms. The lowest BCUT2D eigenvalue weighted by Gasteiger charge is -2.16. The van der Waals surface area contributed by atoms with Crippen LogP contribution >= 0.6 is 0 Å². The maximum atomic E-state index is 12.1. The van der Waals surface area contributed by atoms with E-state index in [1.807, 2.05) is 6.92 Å². The van der Waals surface area contributed by atoms with E-state index >= 15 is 0 Å².